The zero-order valence-corrected chi connectivity index (χ0v) is 10.00. The van der Waals surface area contributed by atoms with Crippen molar-refractivity contribution in [3.63, 3.8) is 0 Å². The molecule has 1 unspecified atom stereocenters. The molecule has 16 heavy (non-hydrogen) atoms. The minimum atomic E-state index is 0.131. The number of benzene rings is 1. The number of nitrogens with one attached hydrogen (secondary N) is 1. The molecule has 0 saturated carbocycles. The quantitative estimate of drug-likeness (QED) is 0.874. The third-order valence-electron chi connectivity index (χ3n) is 2.54. The van der Waals surface area contributed by atoms with Crippen LogP contribution in [-0.4, -0.2) is 24.9 Å². The summed E-state index contributed by atoms with van der Waals surface area (Å²) >= 11 is 6.10. The first-order valence-electron chi connectivity index (χ1n) is 5.49. The minimum absolute atomic E-state index is 0.131. The summed E-state index contributed by atoms with van der Waals surface area (Å²) in [5, 5.41) is 8.07. The van der Waals surface area contributed by atoms with Crippen LogP contribution in [0.3, 0.4) is 0 Å². The first-order chi connectivity index (χ1) is 7.81. The molecule has 1 atom stereocenters. The van der Waals surface area contributed by atoms with Gasteiger partial charge < -0.3 is 10.2 Å². The van der Waals surface area contributed by atoms with Crippen molar-refractivity contribution in [1.29, 1.82) is 0 Å². The van der Waals surface area contributed by atoms with E-state index in [1.54, 1.807) is 0 Å². The minimum Gasteiger partial charge on any atom is -0.390 e. The van der Waals surface area contributed by atoms with Crippen LogP contribution in [0.2, 0.25) is 5.02 Å². The van der Waals surface area contributed by atoms with E-state index in [2.05, 4.69) is 17.4 Å². The maximum atomic E-state index is 6.10. The van der Waals surface area contributed by atoms with Gasteiger partial charge in [-0.3, -0.25) is 0 Å². The highest BCUT2D eigenvalue weighted by atomic mass is 35.5. The molecule has 0 aliphatic carbocycles. The number of rotatable bonds is 4. The summed E-state index contributed by atoms with van der Waals surface area (Å²) in [6.45, 7) is 3.85. The van der Waals surface area contributed by atoms with Crippen LogP contribution >= 0.6 is 11.6 Å². The predicted molar refractivity (Wildman–Crippen MR) is 66.0 cm³/mol. The molecule has 1 N–H and O–H groups in total. The van der Waals surface area contributed by atoms with Crippen LogP contribution in [0, 0.1) is 0 Å². The van der Waals surface area contributed by atoms with Gasteiger partial charge in [0.15, 0.2) is 0 Å². The molecule has 86 valence electrons. The van der Waals surface area contributed by atoms with Gasteiger partial charge in [0.05, 0.1) is 5.71 Å². The molecule has 1 heterocycles. The summed E-state index contributed by atoms with van der Waals surface area (Å²) in [4.78, 5) is 5.34. The van der Waals surface area contributed by atoms with Gasteiger partial charge in [-0.05, 0) is 12.6 Å². The summed E-state index contributed by atoms with van der Waals surface area (Å²) in [7, 11) is 0. The van der Waals surface area contributed by atoms with E-state index >= 15 is 0 Å². The van der Waals surface area contributed by atoms with Crippen LogP contribution in [0.1, 0.15) is 18.9 Å². The van der Waals surface area contributed by atoms with Crippen LogP contribution in [0.25, 0.3) is 0 Å². The molecule has 0 bridgehead atoms. The molecule has 4 heteroatoms. The van der Waals surface area contributed by atoms with Crippen molar-refractivity contribution < 1.29 is 4.84 Å². The van der Waals surface area contributed by atoms with E-state index in [-0.39, 0.29) is 6.10 Å². The number of halogens is 1. The Morgan fingerprint density at radius 2 is 2.31 bits per heavy atom. The van der Waals surface area contributed by atoms with Gasteiger partial charge in [0, 0.05) is 23.6 Å². The fourth-order valence-corrected chi connectivity index (χ4v) is 1.94. The average Bonchev–Trinajstić information content (AvgIpc) is 2.75. The summed E-state index contributed by atoms with van der Waals surface area (Å²) in [6, 6.07) is 7.72. The number of hydrogen-bond acceptors (Lipinski definition) is 3. The first-order valence-corrected chi connectivity index (χ1v) is 5.87. The lowest BCUT2D eigenvalue weighted by atomic mass is 10.1. The zero-order chi connectivity index (χ0) is 11.4. The van der Waals surface area contributed by atoms with Crippen LogP contribution in [-0.2, 0) is 4.84 Å². The molecule has 0 fully saturated rings. The second-order valence-corrected chi connectivity index (χ2v) is 4.16. The Morgan fingerprint density at radius 3 is 3.06 bits per heavy atom. The van der Waals surface area contributed by atoms with Gasteiger partial charge >= 0.3 is 0 Å². The Labute approximate surface area is 100 Å². The smallest absolute Gasteiger partial charge is 0.145 e. The summed E-state index contributed by atoms with van der Waals surface area (Å²) < 4.78 is 0. The van der Waals surface area contributed by atoms with Crippen molar-refractivity contribution in [2.45, 2.75) is 19.4 Å². The first kappa shape index (κ1) is 11.4. The van der Waals surface area contributed by atoms with Gasteiger partial charge in [-0.25, -0.2) is 0 Å². The fourth-order valence-electron chi connectivity index (χ4n) is 1.70. The molecule has 1 aliphatic rings. The number of oxime groups is 1. The van der Waals surface area contributed by atoms with E-state index in [0.717, 1.165) is 35.8 Å². The van der Waals surface area contributed by atoms with Crippen molar-refractivity contribution in [2.75, 3.05) is 13.1 Å². The van der Waals surface area contributed by atoms with Gasteiger partial charge in [0.2, 0.25) is 0 Å². The Balaban J connectivity index is 2.01. The standard InChI is InChI=1S/C12H15ClN2O/c1-2-14-8-9-7-12(15-16-9)10-5-3-4-6-11(10)13/h3-6,9,14H,2,7-8H2,1H3. The van der Waals surface area contributed by atoms with Crippen molar-refractivity contribution in [3.05, 3.63) is 34.9 Å². The summed E-state index contributed by atoms with van der Waals surface area (Å²) in [5.74, 6) is 0. The van der Waals surface area contributed by atoms with Gasteiger partial charge in [-0.15, -0.1) is 0 Å². The van der Waals surface area contributed by atoms with E-state index in [4.69, 9.17) is 16.4 Å². The second kappa shape index (κ2) is 5.32. The van der Waals surface area contributed by atoms with Crippen molar-refractivity contribution in [1.82, 2.24) is 5.32 Å². The third kappa shape index (κ3) is 2.54. The topological polar surface area (TPSA) is 33.6 Å². The molecule has 1 aromatic rings. The van der Waals surface area contributed by atoms with Crippen LogP contribution < -0.4 is 5.32 Å². The van der Waals surface area contributed by atoms with Gasteiger partial charge in [-0.1, -0.05) is 41.9 Å². The molecular formula is C12H15ClN2O. The van der Waals surface area contributed by atoms with Gasteiger partial charge in [0.25, 0.3) is 0 Å². The Morgan fingerprint density at radius 1 is 1.50 bits per heavy atom. The molecule has 0 spiro atoms. The van der Waals surface area contributed by atoms with E-state index in [1.807, 2.05) is 24.3 Å². The predicted octanol–water partition coefficient (Wildman–Crippen LogP) is 2.44. The normalized spacial score (nSPS) is 19.4. The van der Waals surface area contributed by atoms with Crippen LogP contribution in [0.5, 0.6) is 0 Å². The van der Waals surface area contributed by atoms with Gasteiger partial charge in [0.1, 0.15) is 6.10 Å². The lowest BCUT2D eigenvalue weighted by Crippen LogP contribution is -2.26. The van der Waals surface area contributed by atoms with Crippen molar-refractivity contribution in [3.8, 4) is 0 Å². The van der Waals surface area contributed by atoms with Crippen molar-refractivity contribution in [2.24, 2.45) is 5.16 Å². The second-order valence-electron chi connectivity index (χ2n) is 3.76. The molecule has 1 aromatic carbocycles. The van der Waals surface area contributed by atoms with E-state index in [0.29, 0.717) is 0 Å². The lowest BCUT2D eigenvalue weighted by Gasteiger charge is -2.07. The van der Waals surface area contributed by atoms with Crippen LogP contribution in [0.4, 0.5) is 0 Å². The molecule has 3 nitrogen and oxygen atoms in total. The largest absolute Gasteiger partial charge is 0.390 e. The molecule has 1 aliphatic heterocycles. The highest BCUT2D eigenvalue weighted by molar-refractivity contribution is 6.34. The Kier molecular flexibility index (Phi) is 3.80. The number of hydrogen-bond donors (Lipinski definition) is 1. The molecular weight excluding hydrogens is 224 g/mol. The molecule has 0 aromatic heterocycles. The molecule has 0 saturated heterocycles. The third-order valence-corrected chi connectivity index (χ3v) is 2.87. The number of likely N-dealkylation sites (N-methyl/N-ethyl adjacent to an activating group) is 1. The van der Waals surface area contributed by atoms with E-state index < -0.39 is 0 Å². The highest BCUT2D eigenvalue weighted by Crippen LogP contribution is 2.22. The monoisotopic (exact) mass is 238 g/mol. The maximum absolute atomic E-state index is 6.10. The zero-order valence-electron chi connectivity index (χ0n) is 9.24. The maximum Gasteiger partial charge on any atom is 0.145 e. The fraction of sp³-hybridized carbons (Fsp3) is 0.417. The molecule has 0 amide bonds. The summed E-state index contributed by atoms with van der Waals surface area (Å²) in [6.07, 6.45) is 0.947. The SMILES string of the molecule is CCNCC1CC(c2ccccc2Cl)=NO1. The number of nitrogens with zero attached hydrogens (tertiary/aromatic N) is 1. The average molecular weight is 239 g/mol. The van der Waals surface area contributed by atoms with Gasteiger partial charge in [-0.2, -0.15) is 0 Å². The van der Waals surface area contributed by atoms with E-state index in [1.165, 1.54) is 0 Å². The molecule has 0 radical (unpaired) electrons. The lowest BCUT2D eigenvalue weighted by molar-refractivity contribution is 0.0855. The Hall–Kier alpha value is -1.06. The van der Waals surface area contributed by atoms with Crippen molar-refractivity contribution >= 4 is 17.3 Å². The highest BCUT2D eigenvalue weighted by Gasteiger charge is 2.22. The Bertz CT molecular complexity index is 392. The van der Waals surface area contributed by atoms with Crippen LogP contribution in [0.15, 0.2) is 29.4 Å². The molecule has 2 rings (SSSR count). The summed E-state index contributed by atoms with van der Waals surface area (Å²) in [5.41, 5.74) is 1.91. The van der Waals surface area contributed by atoms with E-state index in [9.17, 15) is 0 Å².